The van der Waals surface area contributed by atoms with Crippen molar-refractivity contribution < 1.29 is 14.6 Å². The summed E-state index contributed by atoms with van der Waals surface area (Å²) in [5.41, 5.74) is 7.11. The lowest BCUT2D eigenvalue weighted by molar-refractivity contribution is 0.0600. The molecule has 0 spiro atoms. The minimum atomic E-state index is -0.381. The Kier molecular flexibility index (Phi) is 4.27. The van der Waals surface area contributed by atoms with E-state index in [4.69, 9.17) is 10.8 Å². The second-order valence-electron chi connectivity index (χ2n) is 3.24. The topological polar surface area (TPSA) is 72.5 Å². The van der Waals surface area contributed by atoms with Gasteiger partial charge in [0.2, 0.25) is 0 Å². The maximum absolute atomic E-state index is 11.2. The molecule has 1 aromatic rings. The van der Waals surface area contributed by atoms with Gasteiger partial charge < -0.3 is 15.6 Å². The maximum atomic E-state index is 11.2. The average Bonchev–Trinajstić information content (AvgIpc) is 2.28. The van der Waals surface area contributed by atoms with Crippen LogP contribution in [0.15, 0.2) is 24.3 Å². The molecule has 4 nitrogen and oxygen atoms in total. The Labute approximate surface area is 88.7 Å². The highest BCUT2D eigenvalue weighted by atomic mass is 16.5. The molecule has 1 aromatic carbocycles. The van der Waals surface area contributed by atoms with Crippen molar-refractivity contribution >= 4 is 5.97 Å². The van der Waals surface area contributed by atoms with E-state index in [2.05, 4.69) is 4.74 Å². The zero-order chi connectivity index (χ0) is 11.3. The summed E-state index contributed by atoms with van der Waals surface area (Å²) in [7, 11) is 1.34. The molecule has 1 atom stereocenters. The van der Waals surface area contributed by atoms with Crippen molar-refractivity contribution in [3.63, 3.8) is 0 Å². The van der Waals surface area contributed by atoms with Crippen LogP contribution >= 0.6 is 0 Å². The largest absolute Gasteiger partial charge is 0.465 e. The van der Waals surface area contributed by atoms with Crippen LogP contribution in [0.1, 0.15) is 28.4 Å². The van der Waals surface area contributed by atoms with Gasteiger partial charge in [0.15, 0.2) is 0 Å². The van der Waals surface area contributed by atoms with E-state index in [1.54, 1.807) is 18.2 Å². The first-order valence-corrected chi connectivity index (χ1v) is 4.73. The number of benzene rings is 1. The van der Waals surface area contributed by atoms with E-state index in [9.17, 15) is 4.79 Å². The van der Waals surface area contributed by atoms with Crippen molar-refractivity contribution in [2.45, 2.75) is 12.5 Å². The minimum Gasteiger partial charge on any atom is -0.465 e. The molecule has 0 aromatic heterocycles. The molecule has 0 aliphatic heterocycles. The third-order valence-electron chi connectivity index (χ3n) is 2.18. The number of aliphatic hydroxyl groups is 1. The second kappa shape index (κ2) is 5.48. The normalized spacial score (nSPS) is 12.2. The predicted molar refractivity (Wildman–Crippen MR) is 56.4 cm³/mol. The zero-order valence-electron chi connectivity index (χ0n) is 8.64. The van der Waals surface area contributed by atoms with Gasteiger partial charge in [0, 0.05) is 12.6 Å². The first-order chi connectivity index (χ1) is 7.19. The smallest absolute Gasteiger partial charge is 0.337 e. The minimum absolute atomic E-state index is 0.0314. The van der Waals surface area contributed by atoms with Gasteiger partial charge in [0.1, 0.15) is 0 Å². The Morgan fingerprint density at radius 2 is 2.33 bits per heavy atom. The van der Waals surface area contributed by atoms with Crippen molar-refractivity contribution in [1.82, 2.24) is 0 Å². The third-order valence-corrected chi connectivity index (χ3v) is 2.18. The molecule has 0 fully saturated rings. The summed E-state index contributed by atoms with van der Waals surface area (Å²) in [6.07, 6.45) is 0.477. The van der Waals surface area contributed by atoms with Crippen molar-refractivity contribution in [2.24, 2.45) is 5.73 Å². The van der Waals surface area contributed by atoms with Gasteiger partial charge in [-0.3, -0.25) is 0 Å². The quantitative estimate of drug-likeness (QED) is 0.721. The molecule has 0 heterocycles. The maximum Gasteiger partial charge on any atom is 0.337 e. The number of methoxy groups -OCH3 is 1. The number of aliphatic hydroxyl groups excluding tert-OH is 1. The van der Waals surface area contributed by atoms with E-state index >= 15 is 0 Å². The Morgan fingerprint density at radius 3 is 2.93 bits per heavy atom. The second-order valence-corrected chi connectivity index (χ2v) is 3.24. The van der Waals surface area contributed by atoms with Crippen molar-refractivity contribution in [3.8, 4) is 0 Å². The summed E-state index contributed by atoms with van der Waals surface area (Å²) in [6.45, 7) is 0.0314. The van der Waals surface area contributed by atoms with Gasteiger partial charge in [-0.15, -0.1) is 0 Å². The number of hydrogen-bond donors (Lipinski definition) is 2. The highest BCUT2D eigenvalue weighted by Crippen LogP contribution is 2.15. The molecule has 3 N–H and O–H groups in total. The fourth-order valence-corrected chi connectivity index (χ4v) is 1.32. The summed E-state index contributed by atoms with van der Waals surface area (Å²) in [5, 5.41) is 8.75. The number of carbonyl (C=O) groups excluding carboxylic acids is 1. The Balaban J connectivity index is 2.87. The van der Waals surface area contributed by atoms with Gasteiger partial charge in [0.05, 0.1) is 12.7 Å². The third kappa shape index (κ3) is 3.04. The van der Waals surface area contributed by atoms with Crippen LogP contribution in [0.3, 0.4) is 0 Å². The van der Waals surface area contributed by atoms with Gasteiger partial charge in [-0.05, 0) is 24.1 Å². The molecule has 0 amide bonds. The van der Waals surface area contributed by atoms with Gasteiger partial charge in [-0.25, -0.2) is 4.79 Å². The van der Waals surface area contributed by atoms with Crippen LogP contribution in [0.25, 0.3) is 0 Å². The van der Waals surface area contributed by atoms with Crippen LogP contribution in [0.5, 0.6) is 0 Å². The lowest BCUT2D eigenvalue weighted by atomic mass is 10.0. The molecule has 0 aliphatic carbocycles. The number of nitrogens with two attached hydrogens (primary N) is 1. The molecular weight excluding hydrogens is 194 g/mol. The summed E-state index contributed by atoms with van der Waals surface area (Å²) < 4.78 is 4.60. The first kappa shape index (κ1) is 11.7. The molecule has 82 valence electrons. The summed E-state index contributed by atoms with van der Waals surface area (Å²) in [6, 6.07) is 6.68. The standard InChI is InChI=1S/C11H15NO3/c1-15-11(14)9-4-2-3-8(7-9)10(12)5-6-13/h2-4,7,10,13H,5-6,12H2,1H3/t10-/m0/s1. The lowest BCUT2D eigenvalue weighted by Crippen LogP contribution is -2.13. The molecule has 4 heteroatoms. The molecule has 15 heavy (non-hydrogen) atoms. The average molecular weight is 209 g/mol. The molecule has 0 saturated carbocycles. The first-order valence-electron chi connectivity index (χ1n) is 4.73. The molecule has 1 rings (SSSR count). The predicted octanol–water partition coefficient (Wildman–Crippen LogP) is 0.855. The van der Waals surface area contributed by atoms with E-state index in [1.165, 1.54) is 7.11 Å². The van der Waals surface area contributed by atoms with Crippen LogP contribution in [-0.2, 0) is 4.74 Å². The Bertz CT molecular complexity index is 338. The van der Waals surface area contributed by atoms with Crippen LogP contribution in [0.4, 0.5) is 0 Å². The highest BCUT2D eigenvalue weighted by Gasteiger charge is 2.09. The molecule has 0 saturated heterocycles. The number of rotatable bonds is 4. The van der Waals surface area contributed by atoms with Crippen LogP contribution in [0.2, 0.25) is 0 Å². The van der Waals surface area contributed by atoms with Gasteiger partial charge in [-0.1, -0.05) is 12.1 Å². The van der Waals surface area contributed by atoms with E-state index in [1.807, 2.05) is 6.07 Å². The summed E-state index contributed by atoms with van der Waals surface area (Å²) in [5.74, 6) is -0.381. The summed E-state index contributed by atoms with van der Waals surface area (Å²) in [4.78, 5) is 11.2. The molecule has 0 unspecified atom stereocenters. The van der Waals surface area contributed by atoms with Crippen molar-refractivity contribution in [1.29, 1.82) is 0 Å². The molecule has 0 bridgehead atoms. The van der Waals surface area contributed by atoms with Gasteiger partial charge in [0.25, 0.3) is 0 Å². The fourth-order valence-electron chi connectivity index (χ4n) is 1.32. The fraction of sp³-hybridized carbons (Fsp3) is 0.364. The molecule has 0 radical (unpaired) electrons. The SMILES string of the molecule is COC(=O)c1cccc([C@@H](N)CCO)c1. The van der Waals surface area contributed by atoms with Crippen LogP contribution in [-0.4, -0.2) is 24.8 Å². The van der Waals surface area contributed by atoms with E-state index in [0.717, 1.165) is 5.56 Å². The number of esters is 1. The Morgan fingerprint density at radius 1 is 1.60 bits per heavy atom. The number of hydrogen-bond acceptors (Lipinski definition) is 4. The van der Waals surface area contributed by atoms with Crippen LogP contribution < -0.4 is 5.73 Å². The highest BCUT2D eigenvalue weighted by molar-refractivity contribution is 5.89. The summed E-state index contributed by atoms with van der Waals surface area (Å²) >= 11 is 0. The van der Waals surface area contributed by atoms with Crippen LogP contribution in [0, 0.1) is 0 Å². The van der Waals surface area contributed by atoms with E-state index < -0.39 is 0 Å². The van der Waals surface area contributed by atoms with Crippen molar-refractivity contribution in [3.05, 3.63) is 35.4 Å². The van der Waals surface area contributed by atoms with Crippen molar-refractivity contribution in [2.75, 3.05) is 13.7 Å². The molecule has 0 aliphatic rings. The Hall–Kier alpha value is -1.39. The number of ether oxygens (including phenoxy) is 1. The van der Waals surface area contributed by atoms with Gasteiger partial charge >= 0.3 is 5.97 Å². The molecular formula is C11H15NO3. The monoisotopic (exact) mass is 209 g/mol. The van der Waals surface area contributed by atoms with E-state index in [-0.39, 0.29) is 18.6 Å². The number of carbonyl (C=O) groups is 1. The zero-order valence-corrected chi connectivity index (χ0v) is 8.64. The van der Waals surface area contributed by atoms with Gasteiger partial charge in [-0.2, -0.15) is 0 Å². The van der Waals surface area contributed by atoms with E-state index in [0.29, 0.717) is 12.0 Å². The lowest BCUT2D eigenvalue weighted by Gasteiger charge is -2.11.